The van der Waals surface area contributed by atoms with Gasteiger partial charge in [0.2, 0.25) is 0 Å². The zero-order chi connectivity index (χ0) is 15.7. The summed E-state index contributed by atoms with van der Waals surface area (Å²) in [4.78, 5) is -0.165. The van der Waals surface area contributed by atoms with Gasteiger partial charge < -0.3 is 5.11 Å². The summed E-state index contributed by atoms with van der Waals surface area (Å²) in [6.45, 7) is 0. The van der Waals surface area contributed by atoms with Crippen LogP contribution in [0.25, 0.3) is 0 Å². The largest absolute Gasteiger partial charge is 0.416 e. The molecule has 1 N–H and O–H groups in total. The van der Waals surface area contributed by atoms with Gasteiger partial charge in [-0.15, -0.1) is 0 Å². The molecule has 0 saturated heterocycles. The molecule has 21 heavy (non-hydrogen) atoms. The van der Waals surface area contributed by atoms with Crippen molar-refractivity contribution < 1.29 is 26.7 Å². The van der Waals surface area contributed by atoms with Crippen molar-refractivity contribution in [2.45, 2.75) is 54.5 Å². The first-order chi connectivity index (χ1) is 9.73. The standard InChI is InChI=1S/C14H17F3O3S/c15-14(16,17)10-6-8-11(9-7-10)21(19,20)13-5-3-1-2-4-12(13)18/h6-9,12-13,18H,1-5H2. The minimum absolute atomic E-state index is 0.165. The minimum Gasteiger partial charge on any atom is -0.392 e. The Hall–Kier alpha value is -1.08. The smallest absolute Gasteiger partial charge is 0.392 e. The molecule has 0 spiro atoms. The molecule has 0 amide bonds. The van der Waals surface area contributed by atoms with Crippen molar-refractivity contribution in [3.05, 3.63) is 29.8 Å². The SMILES string of the molecule is O=S(=O)(c1ccc(C(F)(F)F)cc1)C1CCCCCC1O. The maximum Gasteiger partial charge on any atom is 0.416 e. The van der Waals surface area contributed by atoms with Crippen LogP contribution in [0, 0.1) is 0 Å². The Balaban J connectivity index is 2.30. The molecule has 0 bridgehead atoms. The fourth-order valence-corrected chi connectivity index (χ4v) is 4.52. The van der Waals surface area contributed by atoms with Crippen molar-refractivity contribution in [3.8, 4) is 0 Å². The highest BCUT2D eigenvalue weighted by atomic mass is 32.2. The lowest BCUT2D eigenvalue weighted by molar-refractivity contribution is -0.137. The number of aliphatic hydroxyl groups excluding tert-OH is 1. The van der Waals surface area contributed by atoms with Gasteiger partial charge in [-0.25, -0.2) is 8.42 Å². The number of aliphatic hydroxyl groups is 1. The van der Waals surface area contributed by atoms with E-state index in [1.54, 1.807) is 0 Å². The van der Waals surface area contributed by atoms with Gasteiger partial charge in [0.25, 0.3) is 0 Å². The molecule has 1 aliphatic rings. The van der Waals surface area contributed by atoms with Crippen molar-refractivity contribution in [2.75, 3.05) is 0 Å². The monoisotopic (exact) mass is 322 g/mol. The Labute approximate surface area is 121 Å². The molecular formula is C14H17F3O3S. The van der Waals surface area contributed by atoms with Crippen LogP contribution >= 0.6 is 0 Å². The number of rotatable bonds is 2. The second-order valence-electron chi connectivity index (χ2n) is 5.31. The molecule has 2 rings (SSSR count). The van der Waals surface area contributed by atoms with Crippen LogP contribution in [0.15, 0.2) is 29.2 Å². The van der Waals surface area contributed by atoms with Crippen molar-refractivity contribution in [3.63, 3.8) is 0 Å². The lowest BCUT2D eigenvalue weighted by Crippen LogP contribution is -2.33. The molecular weight excluding hydrogens is 305 g/mol. The summed E-state index contributed by atoms with van der Waals surface area (Å²) in [6, 6.07) is 3.46. The topological polar surface area (TPSA) is 54.4 Å². The van der Waals surface area contributed by atoms with Crippen LogP contribution in [-0.2, 0) is 16.0 Å². The van der Waals surface area contributed by atoms with Crippen LogP contribution in [-0.4, -0.2) is 24.9 Å². The Kier molecular flexibility index (Phi) is 4.63. The van der Waals surface area contributed by atoms with Gasteiger partial charge in [0.05, 0.1) is 21.8 Å². The van der Waals surface area contributed by atoms with E-state index in [0.29, 0.717) is 19.3 Å². The number of sulfone groups is 1. The van der Waals surface area contributed by atoms with E-state index < -0.39 is 32.9 Å². The molecule has 0 radical (unpaired) electrons. The average Bonchev–Trinajstić information content (AvgIpc) is 2.63. The van der Waals surface area contributed by atoms with Crippen LogP contribution < -0.4 is 0 Å². The van der Waals surface area contributed by atoms with Crippen LogP contribution in [0.2, 0.25) is 0 Å². The second-order valence-corrected chi connectivity index (χ2v) is 7.48. The summed E-state index contributed by atoms with van der Waals surface area (Å²) in [5.74, 6) is 0. The molecule has 0 heterocycles. The number of alkyl halides is 3. The van der Waals surface area contributed by atoms with Crippen LogP contribution in [0.3, 0.4) is 0 Å². The molecule has 7 heteroatoms. The summed E-state index contributed by atoms with van der Waals surface area (Å²) in [5, 5.41) is 9.04. The van der Waals surface area contributed by atoms with E-state index in [4.69, 9.17) is 0 Å². The first-order valence-electron chi connectivity index (χ1n) is 6.82. The zero-order valence-electron chi connectivity index (χ0n) is 11.3. The summed E-state index contributed by atoms with van der Waals surface area (Å²) in [7, 11) is -3.81. The Bertz CT molecular complexity index is 578. The summed E-state index contributed by atoms with van der Waals surface area (Å²) >= 11 is 0. The highest BCUT2D eigenvalue weighted by Crippen LogP contribution is 2.32. The van der Waals surface area contributed by atoms with Gasteiger partial charge in [-0.2, -0.15) is 13.2 Å². The second kappa shape index (κ2) is 5.96. The molecule has 0 aromatic heterocycles. The predicted octanol–water partition coefficient (Wildman–Crippen LogP) is 3.17. The molecule has 2 atom stereocenters. The van der Waals surface area contributed by atoms with E-state index in [0.717, 1.165) is 37.1 Å². The van der Waals surface area contributed by atoms with Gasteiger partial charge >= 0.3 is 6.18 Å². The molecule has 118 valence electrons. The minimum atomic E-state index is -4.50. The molecule has 1 aromatic carbocycles. The van der Waals surface area contributed by atoms with Crippen LogP contribution in [0.5, 0.6) is 0 Å². The average molecular weight is 322 g/mol. The summed E-state index contributed by atoms with van der Waals surface area (Å²) in [5.41, 5.74) is -0.886. The van der Waals surface area contributed by atoms with E-state index >= 15 is 0 Å². The van der Waals surface area contributed by atoms with Gasteiger partial charge in [0.1, 0.15) is 0 Å². The number of hydrogen-bond acceptors (Lipinski definition) is 3. The molecule has 0 aliphatic heterocycles. The van der Waals surface area contributed by atoms with Crippen molar-refractivity contribution in [2.24, 2.45) is 0 Å². The Morgan fingerprint density at radius 2 is 1.57 bits per heavy atom. The molecule has 3 nitrogen and oxygen atoms in total. The van der Waals surface area contributed by atoms with E-state index in [2.05, 4.69) is 0 Å². The Morgan fingerprint density at radius 3 is 2.14 bits per heavy atom. The first kappa shape index (κ1) is 16.3. The fraction of sp³-hybridized carbons (Fsp3) is 0.571. The molecule has 1 aromatic rings. The lowest BCUT2D eigenvalue weighted by Gasteiger charge is -2.21. The van der Waals surface area contributed by atoms with Crippen molar-refractivity contribution in [1.29, 1.82) is 0 Å². The van der Waals surface area contributed by atoms with Crippen molar-refractivity contribution >= 4 is 9.84 Å². The van der Waals surface area contributed by atoms with Crippen LogP contribution in [0.4, 0.5) is 13.2 Å². The van der Waals surface area contributed by atoms with Gasteiger partial charge in [-0.05, 0) is 37.1 Å². The normalized spacial score (nSPS) is 24.6. The number of benzene rings is 1. The Morgan fingerprint density at radius 1 is 1.00 bits per heavy atom. The third-order valence-corrected chi connectivity index (χ3v) is 6.10. The number of halogens is 3. The lowest BCUT2D eigenvalue weighted by atomic mass is 10.1. The fourth-order valence-electron chi connectivity index (χ4n) is 2.62. The summed E-state index contributed by atoms with van der Waals surface area (Å²) < 4.78 is 62.4. The third-order valence-electron chi connectivity index (χ3n) is 3.83. The zero-order valence-corrected chi connectivity index (χ0v) is 12.1. The molecule has 2 unspecified atom stereocenters. The van der Waals surface area contributed by atoms with Crippen molar-refractivity contribution in [1.82, 2.24) is 0 Å². The molecule has 1 fully saturated rings. The third kappa shape index (κ3) is 3.58. The maximum atomic E-state index is 12.5. The van der Waals surface area contributed by atoms with E-state index in [1.165, 1.54) is 0 Å². The number of hydrogen-bond donors (Lipinski definition) is 1. The van der Waals surface area contributed by atoms with Crippen LogP contribution in [0.1, 0.15) is 37.7 Å². The molecule has 1 aliphatic carbocycles. The van der Waals surface area contributed by atoms with E-state index in [1.807, 2.05) is 0 Å². The van der Waals surface area contributed by atoms with Gasteiger partial charge in [-0.1, -0.05) is 19.3 Å². The first-order valence-corrected chi connectivity index (χ1v) is 8.37. The highest BCUT2D eigenvalue weighted by Gasteiger charge is 2.35. The quantitative estimate of drug-likeness (QED) is 0.851. The summed E-state index contributed by atoms with van der Waals surface area (Å²) in [6.07, 6.45) is -2.39. The highest BCUT2D eigenvalue weighted by molar-refractivity contribution is 7.92. The van der Waals surface area contributed by atoms with Gasteiger partial charge in [0.15, 0.2) is 9.84 Å². The van der Waals surface area contributed by atoms with Gasteiger partial charge in [-0.3, -0.25) is 0 Å². The van der Waals surface area contributed by atoms with E-state index in [9.17, 15) is 26.7 Å². The van der Waals surface area contributed by atoms with E-state index in [-0.39, 0.29) is 4.90 Å². The predicted molar refractivity (Wildman–Crippen MR) is 71.5 cm³/mol. The maximum absolute atomic E-state index is 12.5. The van der Waals surface area contributed by atoms with Gasteiger partial charge in [0, 0.05) is 0 Å². The molecule has 1 saturated carbocycles.